The van der Waals surface area contributed by atoms with Gasteiger partial charge in [0.2, 0.25) is 0 Å². The summed E-state index contributed by atoms with van der Waals surface area (Å²) in [5, 5.41) is 10.1. The van der Waals surface area contributed by atoms with E-state index in [2.05, 4.69) is 68.8 Å². The number of hydrogen-bond acceptors (Lipinski definition) is 5. The predicted molar refractivity (Wildman–Crippen MR) is 144 cm³/mol. The molecule has 1 aliphatic heterocycles. The first-order valence-electron chi connectivity index (χ1n) is 11.2. The van der Waals surface area contributed by atoms with Gasteiger partial charge in [-0.1, -0.05) is 32.9 Å². The second kappa shape index (κ2) is 12.7. The van der Waals surface area contributed by atoms with Crippen LogP contribution < -0.4 is 15.4 Å². The fourth-order valence-electron chi connectivity index (χ4n) is 3.25. The van der Waals surface area contributed by atoms with Crippen LogP contribution in [0.4, 0.5) is 0 Å². The van der Waals surface area contributed by atoms with Gasteiger partial charge in [0.15, 0.2) is 5.96 Å². The van der Waals surface area contributed by atoms with Crippen LogP contribution in [-0.2, 0) is 23.1 Å². The van der Waals surface area contributed by atoms with Crippen molar-refractivity contribution in [3.8, 4) is 5.75 Å². The molecule has 1 fully saturated rings. The van der Waals surface area contributed by atoms with Crippen LogP contribution in [0, 0.1) is 6.92 Å². The standard InChI is InChI=1S/C24H36N4O2S.HI/c1-6-25-23(26-11-9-22-28-21(16-31-22)24(3,4)5)27-14-18-8-7-17(2)13-20(18)30-19-10-12-29-15-19;/h7-8,13,16,19H,6,9-12,14-15H2,1-5H3,(H2,25,26,27);1H. The molecule has 3 rings (SSSR count). The summed E-state index contributed by atoms with van der Waals surface area (Å²) >= 11 is 1.73. The molecule has 32 heavy (non-hydrogen) atoms. The molecule has 0 amide bonds. The summed E-state index contributed by atoms with van der Waals surface area (Å²) in [6.45, 7) is 14.4. The minimum Gasteiger partial charge on any atom is -0.488 e. The summed E-state index contributed by atoms with van der Waals surface area (Å²) in [5.41, 5.74) is 3.53. The second-order valence-electron chi connectivity index (χ2n) is 8.96. The minimum atomic E-state index is 0. The van der Waals surface area contributed by atoms with E-state index >= 15 is 0 Å². The number of aromatic nitrogens is 1. The van der Waals surface area contributed by atoms with E-state index in [-0.39, 0.29) is 35.5 Å². The molecule has 1 aliphatic rings. The molecule has 2 aromatic rings. The Balaban J connectivity index is 0.00000363. The van der Waals surface area contributed by atoms with E-state index in [4.69, 9.17) is 19.5 Å². The van der Waals surface area contributed by atoms with E-state index in [1.807, 2.05) is 0 Å². The number of benzene rings is 1. The van der Waals surface area contributed by atoms with Crippen LogP contribution >= 0.6 is 35.3 Å². The Bertz CT molecular complexity index is 873. The Morgan fingerprint density at radius 1 is 1.31 bits per heavy atom. The lowest BCUT2D eigenvalue weighted by molar-refractivity contribution is 0.140. The Kier molecular flexibility index (Phi) is 10.7. The summed E-state index contributed by atoms with van der Waals surface area (Å²) in [4.78, 5) is 9.57. The fourth-order valence-corrected chi connectivity index (χ4v) is 4.28. The molecule has 6 nitrogen and oxygen atoms in total. The quantitative estimate of drug-likeness (QED) is 0.270. The molecule has 0 saturated carbocycles. The number of aliphatic imine (C=N–C) groups is 1. The summed E-state index contributed by atoms with van der Waals surface area (Å²) in [6.07, 6.45) is 1.95. The molecule has 0 spiro atoms. The van der Waals surface area contributed by atoms with Crippen LogP contribution in [-0.4, -0.2) is 43.4 Å². The minimum absolute atomic E-state index is 0. The first-order chi connectivity index (χ1) is 14.8. The van der Waals surface area contributed by atoms with Crippen LogP contribution in [0.2, 0.25) is 0 Å². The first kappa shape index (κ1) is 26.9. The lowest BCUT2D eigenvalue weighted by atomic mass is 9.93. The summed E-state index contributed by atoms with van der Waals surface area (Å²) in [7, 11) is 0. The number of hydrogen-bond donors (Lipinski definition) is 2. The van der Waals surface area contributed by atoms with Crippen LogP contribution in [0.5, 0.6) is 5.75 Å². The molecule has 0 bridgehead atoms. The van der Waals surface area contributed by atoms with Crippen molar-refractivity contribution in [2.75, 3.05) is 26.3 Å². The topological polar surface area (TPSA) is 67.8 Å². The van der Waals surface area contributed by atoms with Gasteiger partial charge in [0, 0.05) is 42.3 Å². The van der Waals surface area contributed by atoms with Crippen molar-refractivity contribution in [3.05, 3.63) is 45.4 Å². The fraction of sp³-hybridized carbons (Fsp3) is 0.583. The lowest BCUT2D eigenvalue weighted by Gasteiger charge is -2.16. The van der Waals surface area contributed by atoms with Crippen molar-refractivity contribution >= 4 is 41.3 Å². The van der Waals surface area contributed by atoms with Gasteiger partial charge >= 0.3 is 0 Å². The molecule has 0 aliphatic carbocycles. The molecular weight excluding hydrogens is 535 g/mol. The van der Waals surface area contributed by atoms with Crippen LogP contribution in [0.25, 0.3) is 0 Å². The molecule has 178 valence electrons. The molecule has 0 radical (unpaired) electrons. The normalized spacial score (nSPS) is 16.5. The number of nitrogens with zero attached hydrogens (tertiary/aromatic N) is 2. The maximum absolute atomic E-state index is 6.21. The van der Waals surface area contributed by atoms with Gasteiger partial charge in [-0.05, 0) is 25.5 Å². The number of aryl methyl sites for hydroxylation is 1. The Morgan fingerprint density at radius 3 is 2.78 bits per heavy atom. The van der Waals surface area contributed by atoms with Crippen LogP contribution in [0.1, 0.15) is 55.9 Å². The number of thiazole rings is 1. The number of guanidine groups is 1. The molecule has 8 heteroatoms. The molecule has 2 heterocycles. The summed E-state index contributed by atoms with van der Waals surface area (Å²) in [5.74, 6) is 1.72. The monoisotopic (exact) mass is 572 g/mol. The highest BCUT2D eigenvalue weighted by molar-refractivity contribution is 14.0. The second-order valence-corrected chi connectivity index (χ2v) is 9.91. The number of ether oxygens (including phenoxy) is 2. The third-order valence-electron chi connectivity index (χ3n) is 5.11. The van der Waals surface area contributed by atoms with E-state index in [1.165, 1.54) is 5.56 Å². The molecule has 2 N–H and O–H groups in total. The van der Waals surface area contributed by atoms with E-state index in [1.54, 1.807) is 11.3 Å². The largest absolute Gasteiger partial charge is 0.488 e. The lowest BCUT2D eigenvalue weighted by Crippen LogP contribution is -2.38. The maximum Gasteiger partial charge on any atom is 0.191 e. The Morgan fingerprint density at radius 2 is 2.12 bits per heavy atom. The summed E-state index contributed by atoms with van der Waals surface area (Å²) < 4.78 is 11.7. The van der Waals surface area contributed by atoms with Gasteiger partial charge in [-0.15, -0.1) is 35.3 Å². The van der Waals surface area contributed by atoms with Crippen molar-refractivity contribution < 1.29 is 9.47 Å². The van der Waals surface area contributed by atoms with E-state index < -0.39 is 0 Å². The smallest absolute Gasteiger partial charge is 0.191 e. The van der Waals surface area contributed by atoms with Gasteiger partial charge in [-0.2, -0.15) is 0 Å². The molecule has 1 aromatic carbocycles. The summed E-state index contributed by atoms with van der Waals surface area (Å²) in [6, 6.07) is 6.31. The Hall–Kier alpha value is -1.39. The van der Waals surface area contributed by atoms with E-state index in [0.29, 0.717) is 13.2 Å². The molecular formula is C24H37IN4O2S. The van der Waals surface area contributed by atoms with Gasteiger partial charge in [0.25, 0.3) is 0 Å². The maximum atomic E-state index is 6.21. The molecule has 1 saturated heterocycles. The number of nitrogens with one attached hydrogen (secondary N) is 2. The third-order valence-corrected chi connectivity index (χ3v) is 6.02. The zero-order chi connectivity index (χ0) is 22.3. The predicted octanol–water partition coefficient (Wildman–Crippen LogP) is 4.83. The van der Waals surface area contributed by atoms with Crippen LogP contribution in [0.3, 0.4) is 0 Å². The number of rotatable bonds is 8. The third kappa shape index (κ3) is 8.19. The van der Waals surface area contributed by atoms with Crippen LogP contribution in [0.15, 0.2) is 28.6 Å². The molecule has 1 atom stereocenters. The zero-order valence-electron chi connectivity index (χ0n) is 19.9. The highest BCUT2D eigenvalue weighted by Crippen LogP contribution is 2.25. The van der Waals surface area contributed by atoms with Crippen molar-refractivity contribution in [1.82, 2.24) is 15.6 Å². The van der Waals surface area contributed by atoms with Crippen molar-refractivity contribution in [2.24, 2.45) is 4.99 Å². The molecule has 1 aromatic heterocycles. The number of halogens is 1. The van der Waals surface area contributed by atoms with Crippen molar-refractivity contribution in [1.29, 1.82) is 0 Å². The zero-order valence-corrected chi connectivity index (χ0v) is 23.0. The average molecular weight is 573 g/mol. The average Bonchev–Trinajstić information content (AvgIpc) is 3.39. The van der Waals surface area contributed by atoms with E-state index in [0.717, 1.165) is 60.5 Å². The Labute approximate surface area is 213 Å². The SMILES string of the molecule is CCNC(=NCc1ccc(C)cc1OC1CCOC1)NCCc1nc(C(C)(C)C)cs1.I. The van der Waals surface area contributed by atoms with Gasteiger partial charge in [0.1, 0.15) is 11.9 Å². The molecule has 1 unspecified atom stereocenters. The van der Waals surface area contributed by atoms with Gasteiger partial charge < -0.3 is 20.1 Å². The van der Waals surface area contributed by atoms with Gasteiger partial charge in [-0.3, -0.25) is 0 Å². The van der Waals surface area contributed by atoms with Crippen molar-refractivity contribution in [2.45, 2.75) is 65.5 Å². The van der Waals surface area contributed by atoms with Gasteiger partial charge in [0.05, 0.1) is 30.5 Å². The first-order valence-corrected chi connectivity index (χ1v) is 12.0. The van der Waals surface area contributed by atoms with Gasteiger partial charge in [-0.25, -0.2) is 9.98 Å². The highest BCUT2D eigenvalue weighted by atomic mass is 127. The van der Waals surface area contributed by atoms with Crippen molar-refractivity contribution in [3.63, 3.8) is 0 Å². The van der Waals surface area contributed by atoms with E-state index in [9.17, 15) is 0 Å². The highest BCUT2D eigenvalue weighted by Gasteiger charge is 2.19.